The molecule has 1 rings (SSSR count). The Hall–Kier alpha value is -1.27. The maximum Gasteiger partial charge on any atom is 0.173 e. The molecular formula is C12H18BrN3O2. The molecule has 0 saturated carbocycles. The highest BCUT2D eigenvalue weighted by molar-refractivity contribution is 9.10. The first-order valence-corrected chi connectivity index (χ1v) is 6.25. The molecule has 0 fully saturated rings. The third-order valence-electron chi connectivity index (χ3n) is 2.39. The highest BCUT2D eigenvalue weighted by Crippen LogP contribution is 2.27. The molecule has 0 unspecified atom stereocenters. The molecule has 100 valence electrons. The first-order valence-electron chi connectivity index (χ1n) is 5.46. The molecule has 0 heterocycles. The van der Waals surface area contributed by atoms with Gasteiger partial charge in [-0.1, -0.05) is 11.2 Å². The second-order valence-electron chi connectivity index (χ2n) is 4.79. The smallest absolute Gasteiger partial charge is 0.173 e. The minimum Gasteiger partial charge on any atom is -0.409 e. The summed E-state index contributed by atoms with van der Waals surface area (Å²) >= 11 is 3.38. The largest absolute Gasteiger partial charge is 0.409 e. The summed E-state index contributed by atoms with van der Waals surface area (Å²) in [5.74, 6) is 0.0278. The van der Waals surface area contributed by atoms with Crippen molar-refractivity contribution in [1.29, 1.82) is 0 Å². The van der Waals surface area contributed by atoms with E-state index in [0.29, 0.717) is 12.1 Å². The standard InChI is InChI=1S/C12H18BrN3O2/c1-12(2,17)7-16(3)9-6-4-5-8(13)10(9)11(14)15-18/h4-6,17-18H,7H2,1-3H3,(H2,14,15). The molecule has 1 aromatic rings. The summed E-state index contributed by atoms with van der Waals surface area (Å²) in [5.41, 5.74) is 6.23. The number of rotatable bonds is 4. The molecule has 5 nitrogen and oxygen atoms in total. The van der Waals surface area contributed by atoms with Crippen molar-refractivity contribution >= 4 is 27.5 Å². The molecule has 0 radical (unpaired) electrons. The van der Waals surface area contributed by atoms with E-state index in [2.05, 4.69) is 21.1 Å². The first kappa shape index (κ1) is 14.8. The molecule has 0 aliphatic rings. The number of aliphatic hydroxyl groups is 1. The number of anilines is 1. The predicted octanol–water partition coefficient (Wildman–Crippen LogP) is 1.75. The molecule has 0 aliphatic heterocycles. The molecule has 4 N–H and O–H groups in total. The number of amidine groups is 1. The van der Waals surface area contributed by atoms with E-state index in [9.17, 15) is 5.11 Å². The summed E-state index contributed by atoms with van der Waals surface area (Å²) in [5, 5.41) is 21.7. The molecule has 1 aromatic carbocycles. The lowest BCUT2D eigenvalue weighted by Gasteiger charge is -2.29. The van der Waals surface area contributed by atoms with Gasteiger partial charge in [0.2, 0.25) is 0 Å². The van der Waals surface area contributed by atoms with E-state index in [1.165, 1.54) is 0 Å². The van der Waals surface area contributed by atoms with Crippen molar-refractivity contribution in [2.75, 3.05) is 18.5 Å². The lowest BCUT2D eigenvalue weighted by atomic mass is 10.1. The molecular weight excluding hydrogens is 298 g/mol. The molecule has 0 aliphatic carbocycles. The van der Waals surface area contributed by atoms with Crippen molar-refractivity contribution in [3.63, 3.8) is 0 Å². The molecule has 0 amide bonds. The second-order valence-corrected chi connectivity index (χ2v) is 5.64. The van der Waals surface area contributed by atoms with Gasteiger partial charge in [-0.25, -0.2) is 0 Å². The van der Waals surface area contributed by atoms with Crippen molar-refractivity contribution < 1.29 is 10.3 Å². The van der Waals surface area contributed by atoms with Crippen LogP contribution in [0.15, 0.2) is 27.8 Å². The maximum atomic E-state index is 9.84. The van der Waals surface area contributed by atoms with Crippen LogP contribution in [-0.4, -0.2) is 35.3 Å². The van der Waals surface area contributed by atoms with Crippen LogP contribution >= 0.6 is 15.9 Å². The van der Waals surface area contributed by atoms with Crippen molar-refractivity contribution in [1.82, 2.24) is 0 Å². The Morgan fingerprint density at radius 2 is 2.11 bits per heavy atom. The molecule has 0 aromatic heterocycles. The molecule has 0 saturated heterocycles. The second kappa shape index (κ2) is 5.58. The van der Waals surface area contributed by atoms with Gasteiger partial charge in [0.25, 0.3) is 0 Å². The number of likely N-dealkylation sites (N-methyl/N-ethyl adjacent to an activating group) is 1. The zero-order valence-corrected chi connectivity index (χ0v) is 12.3. The lowest BCUT2D eigenvalue weighted by Crippen LogP contribution is -2.37. The van der Waals surface area contributed by atoms with Crippen LogP contribution in [0.25, 0.3) is 0 Å². The third kappa shape index (κ3) is 3.61. The number of hydrogen-bond donors (Lipinski definition) is 3. The fraction of sp³-hybridized carbons (Fsp3) is 0.417. The third-order valence-corrected chi connectivity index (χ3v) is 3.05. The van der Waals surface area contributed by atoms with Crippen molar-refractivity contribution in [3.8, 4) is 0 Å². The zero-order valence-electron chi connectivity index (χ0n) is 10.7. The molecule has 0 bridgehead atoms. The van der Waals surface area contributed by atoms with Gasteiger partial charge < -0.3 is 20.9 Å². The topological polar surface area (TPSA) is 82.1 Å². The molecule has 0 spiro atoms. The van der Waals surface area contributed by atoms with Crippen LogP contribution in [0.4, 0.5) is 5.69 Å². The average Bonchev–Trinajstić information content (AvgIpc) is 2.25. The van der Waals surface area contributed by atoms with Crippen LogP contribution in [0.2, 0.25) is 0 Å². The van der Waals surface area contributed by atoms with Gasteiger partial charge in [-0.3, -0.25) is 0 Å². The first-order chi connectivity index (χ1) is 8.26. The summed E-state index contributed by atoms with van der Waals surface area (Å²) < 4.78 is 0.734. The van der Waals surface area contributed by atoms with E-state index in [0.717, 1.165) is 10.2 Å². The normalized spacial score (nSPS) is 12.6. The Balaban J connectivity index is 3.20. The number of nitrogens with two attached hydrogens (primary N) is 1. The zero-order chi connectivity index (χ0) is 13.9. The fourth-order valence-corrected chi connectivity index (χ4v) is 2.36. The van der Waals surface area contributed by atoms with Crippen LogP contribution in [0.3, 0.4) is 0 Å². The van der Waals surface area contributed by atoms with E-state index in [4.69, 9.17) is 10.9 Å². The summed E-state index contributed by atoms with van der Waals surface area (Å²) in [4.78, 5) is 1.86. The van der Waals surface area contributed by atoms with Gasteiger partial charge in [0.05, 0.1) is 11.2 Å². The highest BCUT2D eigenvalue weighted by Gasteiger charge is 2.20. The van der Waals surface area contributed by atoms with E-state index in [1.54, 1.807) is 13.8 Å². The number of benzene rings is 1. The van der Waals surface area contributed by atoms with Gasteiger partial charge in [0.15, 0.2) is 5.84 Å². The van der Waals surface area contributed by atoms with E-state index in [-0.39, 0.29) is 5.84 Å². The van der Waals surface area contributed by atoms with Crippen molar-refractivity contribution in [3.05, 3.63) is 28.2 Å². The van der Waals surface area contributed by atoms with Crippen molar-refractivity contribution in [2.45, 2.75) is 19.4 Å². The van der Waals surface area contributed by atoms with E-state index < -0.39 is 5.60 Å². The van der Waals surface area contributed by atoms with Gasteiger partial charge in [0, 0.05) is 23.8 Å². The summed E-state index contributed by atoms with van der Waals surface area (Å²) in [6, 6.07) is 5.52. The fourth-order valence-electron chi connectivity index (χ4n) is 1.80. The monoisotopic (exact) mass is 315 g/mol. The van der Waals surface area contributed by atoms with Gasteiger partial charge in [-0.2, -0.15) is 0 Å². The molecule has 18 heavy (non-hydrogen) atoms. The number of halogens is 1. The Morgan fingerprint density at radius 1 is 1.50 bits per heavy atom. The Morgan fingerprint density at radius 3 is 2.61 bits per heavy atom. The predicted molar refractivity (Wildman–Crippen MR) is 76.2 cm³/mol. The molecule has 6 heteroatoms. The maximum absolute atomic E-state index is 9.84. The van der Waals surface area contributed by atoms with Gasteiger partial charge in [0.1, 0.15) is 0 Å². The summed E-state index contributed by atoms with van der Waals surface area (Å²) in [6.07, 6.45) is 0. The summed E-state index contributed by atoms with van der Waals surface area (Å²) in [6.45, 7) is 3.88. The number of nitrogens with zero attached hydrogens (tertiary/aromatic N) is 2. The summed E-state index contributed by atoms with van der Waals surface area (Å²) in [7, 11) is 1.84. The lowest BCUT2D eigenvalue weighted by molar-refractivity contribution is 0.0886. The minimum atomic E-state index is -0.834. The van der Waals surface area contributed by atoms with Crippen LogP contribution in [0.1, 0.15) is 19.4 Å². The van der Waals surface area contributed by atoms with E-state index in [1.807, 2.05) is 30.1 Å². The van der Waals surface area contributed by atoms with Crippen LogP contribution in [0.5, 0.6) is 0 Å². The van der Waals surface area contributed by atoms with Crippen LogP contribution in [0, 0.1) is 0 Å². The minimum absolute atomic E-state index is 0.0278. The van der Waals surface area contributed by atoms with Crippen LogP contribution in [-0.2, 0) is 0 Å². The Labute approximate surface area is 115 Å². The van der Waals surface area contributed by atoms with Crippen molar-refractivity contribution in [2.24, 2.45) is 10.9 Å². The number of hydrogen-bond acceptors (Lipinski definition) is 4. The molecule has 0 atom stereocenters. The Kier molecular flexibility index (Phi) is 4.59. The highest BCUT2D eigenvalue weighted by atomic mass is 79.9. The SMILES string of the molecule is CN(CC(C)(C)O)c1cccc(Br)c1/C(N)=N/O. The van der Waals surface area contributed by atoms with Gasteiger partial charge >= 0.3 is 0 Å². The van der Waals surface area contributed by atoms with Gasteiger partial charge in [-0.15, -0.1) is 0 Å². The van der Waals surface area contributed by atoms with E-state index >= 15 is 0 Å². The van der Waals surface area contributed by atoms with Crippen LogP contribution < -0.4 is 10.6 Å². The van der Waals surface area contributed by atoms with Gasteiger partial charge in [-0.05, 0) is 41.9 Å². The quantitative estimate of drug-likeness (QED) is 0.342. The average molecular weight is 316 g/mol. The Bertz CT molecular complexity index is 455. The number of oxime groups is 1.